The summed E-state index contributed by atoms with van der Waals surface area (Å²) >= 11 is 0. The normalized spacial score (nSPS) is 11.3. The third-order valence-corrected chi connectivity index (χ3v) is 3.09. The van der Waals surface area contributed by atoms with E-state index in [1.165, 1.54) is 6.92 Å². The van der Waals surface area contributed by atoms with Crippen LogP contribution < -0.4 is 5.32 Å². The molecule has 0 aliphatic carbocycles. The molecule has 0 saturated carbocycles. The highest BCUT2D eigenvalue weighted by molar-refractivity contribution is 5.72. The van der Waals surface area contributed by atoms with Gasteiger partial charge in [-0.1, -0.05) is 49.3 Å². The van der Waals surface area contributed by atoms with Crippen LogP contribution >= 0.6 is 0 Å². The monoisotopic (exact) mass is 272 g/mol. The third-order valence-electron chi connectivity index (χ3n) is 3.09. The number of carbonyl (C=O) groups is 1. The average Bonchev–Trinajstić information content (AvgIpc) is 2.85. The summed E-state index contributed by atoms with van der Waals surface area (Å²) in [7, 11) is 0. The molecule has 1 aromatic heterocycles. The van der Waals surface area contributed by atoms with Gasteiger partial charge in [-0.05, 0) is 11.8 Å². The molecule has 1 heterocycles. The van der Waals surface area contributed by atoms with Crippen LogP contribution in [0.3, 0.4) is 0 Å². The number of hydrogen-bond acceptors (Lipinski definition) is 3. The van der Waals surface area contributed by atoms with Crippen LogP contribution in [0.2, 0.25) is 0 Å². The summed E-state index contributed by atoms with van der Waals surface area (Å²) in [5.74, 6) is 0.763. The van der Waals surface area contributed by atoms with Gasteiger partial charge in [0.2, 0.25) is 5.91 Å². The van der Waals surface area contributed by atoms with Crippen LogP contribution in [0.1, 0.15) is 26.5 Å². The van der Waals surface area contributed by atoms with Gasteiger partial charge in [0.15, 0.2) is 5.76 Å². The van der Waals surface area contributed by atoms with Crippen LogP contribution in [0, 0.1) is 5.41 Å². The van der Waals surface area contributed by atoms with E-state index >= 15 is 0 Å². The fourth-order valence-electron chi connectivity index (χ4n) is 2.05. The summed E-state index contributed by atoms with van der Waals surface area (Å²) in [5, 5.41) is 6.96. The van der Waals surface area contributed by atoms with Crippen molar-refractivity contribution < 1.29 is 9.32 Å². The fraction of sp³-hybridized carbons (Fsp3) is 0.375. The summed E-state index contributed by atoms with van der Waals surface area (Å²) in [5.41, 5.74) is 1.86. The molecule has 2 aromatic rings. The van der Waals surface area contributed by atoms with E-state index in [-0.39, 0.29) is 11.3 Å². The quantitative estimate of drug-likeness (QED) is 0.910. The lowest BCUT2D eigenvalue weighted by Gasteiger charge is -2.23. The minimum absolute atomic E-state index is 0.0109. The van der Waals surface area contributed by atoms with Gasteiger partial charge in [-0.2, -0.15) is 0 Å². The van der Waals surface area contributed by atoms with E-state index in [9.17, 15) is 4.79 Å². The highest BCUT2D eigenvalue weighted by Gasteiger charge is 2.21. The highest BCUT2D eigenvalue weighted by Crippen LogP contribution is 2.25. The lowest BCUT2D eigenvalue weighted by atomic mass is 9.87. The van der Waals surface area contributed by atoms with Crippen molar-refractivity contribution in [3.8, 4) is 11.3 Å². The number of nitrogens with one attached hydrogen (secondary N) is 1. The summed E-state index contributed by atoms with van der Waals surface area (Å²) in [6.45, 7) is 6.34. The number of rotatable bonds is 5. The maximum absolute atomic E-state index is 11.0. The first-order valence-electron chi connectivity index (χ1n) is 6.72. The molecule has 0 atom stereocenters. The van der Waals surface area contributed by atoms with Crippen molar-refractivity contribution >= 4 is 5.91 Å². The van der Waals surface area contributed by atoms with Crippen LogP contribution in [-0.4, -0.2) is 17.6 Å². The zero-order valence-electron chi connectivity index (χ0n) is 12.1. The molecule has 1 N–H and O–H groups in total. The summed E-state index contributed by atoms with van der Waals surface area (Å²) < 4.78 is 5.38. The Balaban J connectivity index is 2.04. The van der Waals surface area contributed by atoms with Crippen molar-refractivity contribution in [2.45, 2.75) is 27.2 Å². The highest BCUT2D eigenvalue weighted by atomic mass is 16.5. The largest absolute Gasteiger partial charge is 0.356 e. The van der Waals surface area contributed by atoms with Gasteiger partial charge in [0.25, 0.3) is 0 Å². The molecule has 0 unspecified atom stereocenters. The van der Waals surface area contributed by atoms with Crippen molar-refractivity contribution in [3.63, 3.8) is 0 Å². The topological polar surface area (TPSA) is 55.1 Å². The summed E-state index contributed by atoms with van der Waals surface area (Å²) in [6.07, 6.45) is 0.754. The molecular formula is C16H20N2O2. The second kappa shape index (κ2) is 5.90. The van der Waals surface area contributed by atoms with Gasteiger partial charge in [0.1, 0.15) is 0 Å². The second-order valence-electron chi connectivity index (χ2n) is 5.80. The fourth-order valence-corrected chi connectivity index (χ4v) is 2.05. The van der Waals surface area contributed by atoms with Gasteiger partial charge in [0.05, 0.1) is 5.69 Å². The molecule has 1 aromatic carbocycles. The molecule has 0 spiro atoms. The van der Waals surface area contributed by atoms with Gasteiger partial charge in [-0.15, -0.1) is 0 Å². The van der Waals surface area contributed by atoms with E-state index in [1.807, 2.05) is 36.4 Å². The first-order valence-corrected chi connectivity index (χ1v) is 6.72. The number of benzene rings is 1. The lowest BCUT2D eigenvalue weighted by molar-refractivity contribution is -0.119. The number of nitrogens with zero attached hydrogens (tertiary/aromatic N) is 1. The number of aromatic nitrogens is 1. The van der Waals surface area contributed by atoms with Gasteiger partial charge in [-0.25, -0.2) is 0 Å². The van der Waals surface area contributed by atoms with Crippen molar-refractivity contribution in [1.82, 2.24) is 10.5 Å². The molecule has 0 aliphatic heterocycles. The van der Waals surface area contributed by atoms with E-state index in [1.54, 1.807) is 0 Å². The molecule has 20 heavy (non-hydrogen) atoms. The minimum Gasteiger partial charge on any atom is -0.356 e. The Kier molecular flexibility index (Phi) is 4.23. The average molecular weight is 272 g/mol. The molecule has 106 valence electrons. The SMILES string of the molecule is CC(=O)NCC(C)(C)Cc1cc(-c2ccccc2)on1. The predicted octanol–water partition coefficient (Wildman–Crippen LogP) is 3.05. The zero-order valence-corrected chi connectivity index (χ0v) is 12.1. The molecule has 0 bridgehead atoms. The van der Waals surface area contributed by atoms with Crippen molar-refractivity contribution in [3.05, 3.63) is 42.1 Å². The van der Waals surface area contributed by atoms with Crippen LogP contribution in [-0.2, 0) is 11.2 Å². The zero-order chi connectivity index (χ0) is 14.6. The third kappa shape index (κ3) is 3.95. The van der Waals surface area contributed by atoms with Gasteiger partial charge < -0.3 is 9.84 Å². The Morgan fingerprint density at radius 1 is 1.30 bits per heavy atom. The molecule has 1 amide bonds. The molecule has 2 rings (SSSR count). The molecule has 0 aliphatic rings. The first kappa shape index (κ1) is 14.3. The molecular weight excluding hydrogens is 252 g/mol. The van der Waals surface area contributed by atoms with Crippen molar-refractivity contribution in [2.75, 3.05) is 6.54 Å². The smallest absolute Gasteiger partial charge is 0.216 e. The Morgan fingerprint density at radius 3 is 2.65 bits per heavy atom. The maximum Gasteiger partial charge on any atom is 0.216 e. The molecule has 0 fully saturated rings. The minimum atomic E-state index is -0.0590. The van der Waals surface area contributed by atoms with Crippen molar-refractivity contribution in [2.24, 2.45) is 5.41 Å². The Morgan fingerprint density at radius 2 is 2.00 bits per heavy atom. The summed E-state index contributed by atoms with van der Waals surface area (Å²) in [4.78, 5) is 11.0. The van der Waals surface area contributed by atoms with Gasteiger partial charge >= 0.3 is 0 Å². The van der Waals surface area contributed by atoms with Crippen LogP contribution in [0.25, 0.3) is 11.3 Å². The summed E-state index contributed by atoms with van der Waals surface area (Å²) in [6, 6.07) is 11.9. The van der Waals surface area contributed by atoms with E-state index in [2.05, 4.69) is 24.3 Å². The Labute approximate surface area is 119 Å². The standard InChI is InChI=1S/C16H20N2O2/c1-12(19)17-11-16(2,3)10-14-9-15(20-18-14)13-7-5-4-6-8-13/h4-9H,10-11H2,1-3H3,(H,17,19). The molecule has 4 heteroatoms. The van der Waals surface area contributed by atoms with Crippen molar-refractivity contribution in [1.29, 1.82) is 0 Å². The second-order valence-corrected chi connectivity index (χ2v) is 5.80. The van der Waals surface area contributed by atoms with Gasteiger partial charge in [-0.3, -0.25) is 4.79 Å². The first-order chi connectivity index (χ1) is 9.46. The molecule has 4 nitrogen and oxygen atoms in total. The van der Waals surface area contributed by atoms with Crippen LogP contribution in [0.5, 0.6) is 0 Å². The Bertz CT molecular complexity index is 573. The number of carbonyl (C=O) groups excluding carboxylic acids is 1. The van der Waals surface area contributed by atoms with Crippen LogP contribution in [0.15, 0.2) is 40.9 Å². The lowest BCUT2D eigenvalue weighted by Crippen LogP contribution is -2.33. The predicted molar refractivity (Wildman–Crippen MR) is 78.1 cm³/mol. The van der Waals surface area contributed by atoms with E-state index in [4.69, 9.17) is 4.52 Å². The van der Waals surface area contributed by atoms with E-state index in [0.29, 0.717) is 6.54 Å². The Hall–Kier alpha value is -2.10. The molecule has 0 saturated heterocycles. The number of amides is 1. The maximum atomic E-state index is 11.0. The van der Waals surface area contributed by atoms with Gasteiger partial charge in [0, 0.05) is 25.1 Å². The van der Waals surface area contributed by atoms with E-state index in [0.717, 1.165) is 23.4 Å². The van der Waals surface area contributed by atoms with Crippen LogP contribution in [0.4, 0.5) is 0 Å². The number of hydrogen-bond donors (Lipinski definition) is 1. The van der Waals surface area contributed by atoms with E-state index < -0.39 is 0 Å². The molecule has 0 radical (unpaired) electrons.